The number of hydrogen-bond donors (Lipinski definition) is 4. The highest BCUT2D eigenvalue weighted by atomic mass is 32.1. The standard InChI is InChI=1S/C13H15NO4S/c1-14-6-9(15)12(16)7-3-2-4-10-8(7)5-11(19-10)13(17)18/h2-5,9,12,14-16H,6H2,1H3,(H,17,18). The van der Waals surface area contributed by atoms with E-state index in [1.807, 2.05) is 0 Å². The minimum Gasteiger partial charge on any atom is -0.477 e. The minimum absolute atomic E-state index is 0.220. The summed E-state index contributed by atoms with van der Waals surface area (Å²) in [6.45, 7) is 0.257. The van der Waals surface area contributed by atoms with Crippen molar-refractivity contribution < 1.29 is 20.1 Å². The number of nitrogens with one attached hydrogen (secondary N) is 1. The fourth-order valence-corrected chi connectivity index (χ4v) is 2.91. The molecule has 0 radical (unpaired) electrons. The molecular formula is C13H15NO4S. The molecule has 0 spiro atoms. The van der Waals surface area contributed by atoms with Gasteiger partial charge in [-0.25, -0.2) is 4.79 Å². The van der Waals surface area contributed by atoms with Crippen LogP contribution in [-0.4, -0.2) is 41.0 Å². The molecule has 19 heavy (non-hydrogen) atoms. The van der Waals surface area contributed by atoms with Crippen molar-refractivity contribution in [3.8, 4) is 0 Å². The van der Waals surface area contributed by atoms with Gasteiger partial charge in [-0.15, -0.1) is 11.3 Å². The molecule has 6 heteroatoms. The van der Waals surface area contributed by atoms with Crippen LogP contribution in [0.15, 0.2) is 24.3 Å². The fourth-order valence-electron chi connectivity index (χ4n) is 1.97. The van der Waals surface area contributed by atoms with Gasteiger partial charge in [0.2, 0.25) is 0 Å². The second kappa shape index (κ2) is 5.66. The van der Waals surface area contributed by atoms with Crippen molar-refractivity contribution in [1.82, 2.24) is 5.32 Å². The van der Waals surface area contributed by atoms with E-state index in [1.54, 1.807) is 25.2 Å². The summed E-state index contributed by atoms with van der Waals surface area (Å²) >= 11 is 1.15. The maximum atomic E-state index is 11.0. The van der Waals surface area contributed by atoms with Gasteiger partial charge < -0.3 is 20.6 Å². The van der Waals surface area contributed by atoms with Crippen LogP contribution in [0.3, 0.4) is 0 Å². The Kier molecular flexibility index (Phi) is 4.16. The highest BCUT2D eigenvalue weighted by Crippen LogP contribution is 2.32. The quantitative estimate of drug-likeness (QED) is 0.661. The van der Waals surface area contributed by atoms with Crippen LogP contribution < -0.4 is 5.32 Å². The Morgan fingerprint density at radius 3 is 2.79 bits per heavy atom. The van der Waals surface area contributed by atoms with E-state index < -0.39 is 18.2 Å². The number of likely N-dealkylation sites (N-methyl/N-ethyl adjacent to an activating group) is 1. The highest BCUT2D eigenvalue weighted by Gasteiger charge is 2.21. The summed E-state index contributed by atoms with van der Waals surface area (Å²) in [5.41, 5.74) is 0.545. The Morgan fingerprint density at radius 1 is 1.42 bits per heavy atom. The summed E-state index contributed by atoms with van der Waals surface area (Å²) in [6.07, 6.45) is -1.99. The first-order valence-corrected chi connectivity index (χ1v) is 6.62. The molecule has 0 amide bonds. The van der Waals surface area contributed by atoms with Crippen molar-refractivity contribution in [2.75, 3.05) is 13.6 Å². The van der Waals surface area contributed by atoms with Crippen LogP contribution in [-0.2, 0) is 0 Å². The number of benzene rings is 1. The van der Waals surface area contributed by atoms with Gasteiger partial charge in [-0.05, 0) is 30.1 Å². The number of rotatable bonds is 5. The van der Waals surface area contributed by atoms with Crippen LogP contribution >= 0.6 is 11.3 Å². The van der Waals surface area contributed by atoms with E-state index in [-0.39, 0.29) is 11.4 Å². The van der Waals surface area contributed by atoms with Gasteiger partial charge in [0.05, 0.1) is 6.10 Å². The van der Waals surface area contributed by atoms with Crippen LogP contribution in [0.4, 0.5) is 0 Å². The van der Waals surface area contributed by atoms with Gasteiger partial charge in [-0.2, -0.15) is 0 Å². The van der Waals surface area contributed by atoms with Gasteiger partial charge in [0.15, 0.2) is 0 Å². The van der Waals surface area contributed by atoms with Crippen LogP contribution in [0.1, 0.15) is 21.3 Å². The van der Waals surface area contributed by atoms with Crippen LogP contribution in [0.5, 0.6) is 0 Å². The molecule has 1 heterocycles. The highest BCUT2D eigenvalue weighted by molar-refractivity contribution is 7.20. The number of carbonyl (C=O) groups is 1. The number of thiophene rings is 1. The van der Waals surface area contributed by atoms with E-state index in [2.05, 4.69) is 5.32 Å². The lowest BCUT2D eigenvalue weighted by molar-refractivity contribution is 0.0211. The summed E-state index contributed by atoms with van der Waals surface area (Å²) in [4.78, 5) is 11.2. The van der Waals surface area contributed by atoms with Gasteiger partial charge in [-0.1, -0.05) is 12.1 Å². The van der Waals surface area contributed by atoms with Crippen LogP contribution in [0.2, 0.25) is 0 Å². The summed E-state index contributed by atoms with van der Waals surface area (Å²) < 4.78 is 0.783. The van der Waals surface area contributed by atoms with Crippen molar-refractivity contribution >= 4 is 27.4 Å². The number of carboxylic acids is 1. The van der Waals surface area contributed by atoms with Crippen molar-refractivity contribution in [1.29, 1.82) is 0 Å². The van der Waals surface area contributed by atoms with Gasteiger partial charge >= 0.3 is 5.97 Å². The molecule has 0 aliphatic heterocycles. The third kappa shape index (κ3) is 2.76. The van der Waals surface area contributed by atoms with E-state index in [0.717, 1.165) is 16.0 Å². The zero-order chi connectivity index (χ0) is 14.0. The van der Waals surface area contributed by atoms with Gasteiger partial charge in [0.25, 0.3) is 0 Å². The zero-order valence-corrected chi connectivity index (χ0v) is 11.1. The number of aliphatic hydroxyl groups is 2. The van der Waals surface area contributed by atoms with Crippen molar-refractivity contribution in [3.05, 3.63) is 34.7 Å². The third-order valence-electron chi connectivity index (χ3n) is 2.90. The normalized spacial score (nSPS) is 14.5. The first-order valence-electron chi connectivity index (χ1n) is 5.81. The lowest BCUT2D eigenvalue weighted by Gasteiger charge is -2.18. The fraction of sp³-hybridized carbons (Fsp3) is 0.308. The molecule has 0 aliphatic rings. The molecule has 0 saturated heterocycles. The molecule has 0 bridgehead atoms. The molecule has 102 valence electrons. The number of aromatic carboxylic acids is 1. The predicted molar refractivity (Wildman–Crippen MR) is 73.7 cm³/mol. The van der Waals surface area contributed by atoms with Crippen LogP contribution in [0.25, 0.3) is 10.1 Å². The monoisotopic (exact) mass is 281 g/mol. The largest absolute Gasteiger partial charge is 0.477 e. The van der Waals surface area contributed by atoms with Crippen molar-refractivity contribution in [2.24, 2.45) is 0 Å². The summed E-state index contributed by atoms with van der Waals surface area (Å²) in [6, 6.07) is 6.78. The lowest BCUT2D eigenvalue weighted by atomic mass is 10.0. The first-order chi connectivity index (χ1) is 9.04. The Bertz CT molecular complexity index is 595. The van der Waals surface area contributed by atoms with Gasteiger partial charge in [0.1, 0.15) is 11.0 Å². The summed E-state index contributed by atoms with van der Waals surface area (Å²) in [5.74, 6) is -0.989. The second-order valence-corrected chi connectivity index (χ2v) is 5.33. The molecule has 0 saturated carbocycles. The topological polar surface area (TPSA) is 89.8 Å². The molecular weight excluding hydrogens is 266 g/mol. The first kappa shape index (κ1) is 14.0. The second-order valence-electron chi connectivity index (χ2n) is 4.24. The van der Waals surface area contributed by atoms with Gasteiger partial charge in [0, 0.05) is 11.2 Å². The Hall–Kier alpha value is -1.47. The minimum atomic E-state index is -1.05. The Balaban J connectivity index is 2.45. The van der Waals surface area contributed by atoms with Crippen LogP contribution in [0, 0.1) is 0 Å². The van der Waals surface area contributed by atoms with E-state index in [0.29, 0.717) is 10.9 Å². The molecule has 1 aromatic carbocycles. The summed E-state index contributed by atoms with van der Waals surface area (Å²) in [5, 5.41) is 32.4. The molecule has 0 fully saturated rings. The molecule has 2 aromatic rings. The van der Waals surface area contributed by atoms with Gasteiger partial charge in [-0.3, -0.25) is 0 Å². The Labute approximate surface area is 114 Å². The smallest absolute Gasteiger partial charge is 0.345 e. The van der Waals surface area contributed by atoms with E-state index in [1.165, 1.54) is 6.07 Å². The number of hydrogen-bond acceptors (Lipinski definition) is 5. The molecule has 1 aromatic heterocycles. The van der Waals surface area contributed by atoms with E-state index >= 15 is 0 Å². The maximum absolute atomic E-state index is 11.0. The Morgan fingerprint density at radius 2 is 2.16 bits per heavy atom. The molecule has 4 N–H and O–H groups in total. The molecule has 2 atom stereocenters. The maximum Gasteiger partial charge on any atom is 0.345 e. The lowest BCUT2D eigenvalue weighted by Crippen LogP contribution is -2.29. The molecule has 0 aliphatic carbocycles. The third-order valence-corrected chi connectivity index (χ3v) is 3.99. The number of aliphatic hydroxyl groups excluding tert-OH is 2. The molecule has 2 rings (SSSR count). The SMILES string of the molecule is CNCC(O)C(O)c1cccc2sc(C(=O)O)cc12. The number of fused-ring (bicyclic) bond motifs is 1. The number of carboxylic acid groups (broad SMARTS) is 1. The van der Waals surface area contributed by atoms with E-state index in [4.69, 9.17) is 5.11 Å². The van der Waals surface area contributed by atoms with Crippen molar-refractivity contribution in [3.63, 3.8) is 0 Å². The average molecular weight is 281 g/mol. The van der Waals surface area contributed by atoms with Crippen molar-refractivity contribution in [2.45, 2.75) is 12.2 Å². The molecule has 5 nitrogen and oxygen atoms in total. The van der Waals surface area contributed by atoms with E-state index in [9.17, 15) is 15.0 Å². The summed E-state index contributed by atoms with van der Waals surface area (Å²) in [7, 11) is 1.68. The zero-order valence-electron chi connectivity index (χ0n) is 10.3. The average Bonchev–Trinajstić information content (AvgIpc) is 2.82. The molecule has 2 unspecified atom stereocenters. The predicted octanol–water partition coefficient (Wildman–Crippen LogP) is 1.21.